The normalized spacial score (nSPS) is 12.7. The quantitative estimate of drug-likeness (QED) is 0.110. The lowest BCUT2D eigenvalue weighted by molar-refractivity contribution is -0.133. The number of aliphatic hydroxyl groups is 3. The van der Waals surface area contributed by atoms with Crippen LogP contribution in [0.25, 0.3) is 0 Å². The summed E-state index contributed by atoms with van der Waals surface area (Å²) in [5.74, 6) is -2.07. The van der Waals surface area contributed by atoms with Gasteiger partial charge in [0, 0.05) is 22.1 Å². The van der Waals surface area contributed by atoms with Crippen LogP contribution in [0.3, 0.4) is 0 Å². The molecule has 0 aromatic carbocycles. The molecule has 0 aliphatic carbocycles. The highest BCUT2D eigenvalue weighted by molar-refractivity contribution is 5.85. The largest absolute Gasteiger partial charge is 0.478 e. The number of rotatable bonds is 13. The Morgan fingerprint density at radius 2 is 0.867 bits per heavy atom. The predicted octanol–water partition coefficient (Wildman–Crippen LogP) is 5.40. The van der Waals surface area contributed by atoms with Gasteiger partial charge in [0.1, 0.15) is 0 Å². The Hall–Kier alpha value is -3.91. The molecule has 0 spiro atoms. The second-order valence-electron chi connectivity index (χ2n) is 11.8. The zero-order chi connectivity index (χ0) is 37.2. The van der Waals surface area contributed by atoms with Crippen LogP contribution in [0.1, 0.15) is 88.5 Å². The molecule has 0 rings (SSSR count). The van der Waals surface area contributed by atoms with Gasteiger partial charge in [-0.2, -0.15) is 20.8 Å². The average Bonchev–Trinajstić information content (AvgIpc) is 2.94. The van der Waals surface area contributed by atoms with Crippen molar-refractivity contribution < 1.29 is 45.0 Å². The molecule has 45 heavy (non-hydrogen) atoms. The van der Waals surface area contributed by atoms with Crippen molar-refractivity contribution in [3.8, 4) is 12.1 Å². The maximum atomic E-state index is 9.60. The molecule has 0 amide bonds. The van der Waals surface area contributed by atoms with E-state index in [0.29, 0.717) is 31.1 Å². The van der Waals surface area contributed by atoms with E-state index in [1.54, 1.807) is 13.8 Å². The molecule has 0 aromatic heterocycles. The molecule has 0 saturated heterocycles. The Labute approximate surface area is 268 Å². The zero-order valence-electron chi connectivity index (χ0n) is 28.7. The van der Waals surface area contributed by atoms with Crippen molar-refractivity contribution in [2.45, 2.75) is 99.6 Å². The minimum Gasteiger partial charge on any atom is -0.478 e. The molecule has 0 heterocycles. The van der Waals surface area contributed by atoms with Crippen LogP contribution in [0.5, 0.6) is 0 Å². The average molecular weight is 641 g/mol. The molecule has 0 aliphatic heterocycles. The third kappa shape index (κ3) is 31.3. The van der Waals surface area contributed by atoms with E-state index in [1.807, 2.05) is 34.6 Å². The van der Waals surface area contributed by atoms with Gasteiger partial charge in [-0.3, -0.25) is 0 Å². The second-order valence-corrected chi connectivity index (χ2v) is 11.8. The summed E-state index contributed by atoms with van der Waals surface area (Å²) in [7, 11) is 0. The van der Waals surface area contributed by atoms with Crippen LogP contribution in [0.4, 0.5) is 0 Å². The summed E-state index contributed by atoms with van der Waals surface area (Å²) < 4.78 is 0. The van der Waals surface area contributed by atoms with Crippen molar-refractivity contribution in [2.24, 2.45) is 27.5 Å². The van der Waals surface area contributed by atoms with Crippen LogP contribution in [0.15, 0.2) is 46.7 Å². The number of aliphatic carboxylic acids is 3. The first kappa shape index (κ1) is 50.7. The molecule has 0 radical (unpaired) electrons. The van der Waals surface area contributed by atoms with Crippen LogP contribution in [0.2, 0.25) is 0 Å². The van der Waals surface area contributed by atoms with E-state index < -0.39 is 34.4 Å². The van der Waals surface area contributed by atoms with Gasteiger partial charge in [0.15, 0.2) is 11.1 Å². The predicted molar refractivity (Wildman–Crippen MR) is 173 cm³/mol. The standard InChI is InChI=1S/C14H24N4.C6H14O3.3C4H6O2/c1-11(2)7-13(5,9-15)17-18-14(6,10-16)8-12(3)4;1-2-6(3-7,4-8)5-9;3*1-3(2)4(5)6/h11-12H,7-8H2,1-6H3;7-9H,2-5H2,1H3;3*1H2,2H3,(H,5,6). The molecule has 0 aromatic rings. The molecule has 13 nitrogen and oxygen atoms in total. The molecule has 0 bridgehead atoms. The summed E-state index contributed by atoms with van der Waals surface area (Å²) in [6.07, 6.45) is 1.89. The highest BCUT2D eigenvalue weighted by atomic mass is 16.4. The highest BCUT2D eigenvalue weighted by Gasteiger charge is 2.29. The van der Waals surface area contributed by atoms with Gasteiger partial charge < -0.3 is 30.6 Å². The van der Waals surface area contributed by atoms with E-state index in [0.717, 1.165) is 0 Å². The number of aliphatic hydroxyl groups excluding tert-OH is 3. The van der Waals surface area contributed by atoms with Crippen molar-refractivity contribution in [1.82, 2.24) is 0 Å². The lowest BCUT2D eigenvalue weighted by Crippen LogP contribution is -2.32. The van der Waals surface area contributed by atoms with Crippen molar-refractivity contribution >= 4 is 17.9 Å². The summed E-state index contributed by atoms with van der Waals surface area (Å²) in [5, 5.41) is 76.3. The van der Waals surface area contributed by atoms with E-state index >= 15 is 0 Å². The van der Waals surface area contributed by atoms with Gasteiger partial charge in [-0.1, -0.05) is 54.4 Å². The van der Waals surface area contributed by atoms with Gasteiger partial charge in [0.2, 0.25) is 0 Å². The molecule has 258 valence electrons. The van der Waals surface area contributed by atoms with Gasteiger partial charge in [0.05, 0.1) is 32.0 Å². The molecular formula is C32H56N4O9. The van der Waals surface area contributed by atoms with E-state index in [9.17, 15) is 24.9 Å². The van der Waals surface area contributed by atoms with Crippen LogP contribution in [-0.4, -0.2) is 79.4 Å². The number of hydrogen-bond donors (Lipinski definition) is 6. The fourth-order valence-electron chi connectivity index (χ4n) is 2.51. The highest BCUT2D eigenvalue weighted by Crippen LogP contribution is 2.26. The van der Waals surface area contributed by atoms with Gasteiger partial charge in [0.25, 0.3) is 0 Å². The maximum absolute atomic E-state index is 9.60. The van der Waals surface area contributed by atoms with E-state index in [4.69, 9.17) is 30.6 Å². The Morgan fingerprint density at radius 3 is 0.933 bits per heavy atom. The molecular weight excluding hydrogens is 584 g/mol. The summed E-state index contributed by atoms with van der Waals surface area (Å²) in [6, 6.07) is 4.38. The van der Waals surface area contributed by atoms with Crippen LogP contribution in [-0.2, 0) is 14.4 Å². The Bertz CT molecular complexity index is 905. The molecule has 0 fully saturated rings. The number of nitriles is 2. The lowest BCUT2D eigenvalue weighted by Gasteiger charge is -2.24. The summed E-state index contributed by atoms with van der Waals surface area (Å²) >= 11 is 0. The number of hydrogen-bond acceptors (Lipinski definition) is 10. The van der Waals surface area contributed by atoms with E-state index in [2.05, 4.69) is 42.1 Å². The second kappa shape index (κ2) is 26.5. The van der Waals surface area contributed by atoms with Crippen molar-refractivity contribution in [2.75, 3.05) is 19.8 Å². The molecule has 0 saturated carbocycles. The summed E-state index contributed by atoms with van der Waals surface area (Å²) in [5.41, 5.74) is -1.80. The number of nitrogens with zero attached hydrogens (tertiary/aromatic N) is 4. The Morgan fingerprint density at radius 1 is 0.667 bits per heavy atom. The smallest absolute Gasteiger partial charge is 0.330 e. The molecule has 2 atom stereocenters. The van der Waals surface area contributed by atoms with Crippen LogP contribution < -0.4 is 0 Å². The first-order valence-electron chi connectivity index (χ1n) is 14.1. The van der Waals surface area contributed by atoms with Gasteiger partial charge >= 0.3 is 17.9 Å². The molecule has 0 aliphatic rings. The maximum Gasteiger partial charge on any atom is 0.330 e. The minimum atomic E-state index is -0.935. The first-order valence-corrected chi connectivity index (χ1v) is 14.1. The lowest BCUT2D eigenvalue weighted by atomic mass is 9.88. The van der Waals surface area contributed by atoms with Gasteiger partial charge in [-0.05, 0) is 65.7 Å². The molecule has 13 heteroatoms. The Balaban J connectivity index is -0.000000165. The van der Waals surface area contributed by atoms with E-state index in [1.165, 1.54) is 20.8 Å². The zero-order valence-corrected chi connectivity index (χ0v) is 28.7. The molecule has 2 unspecified atom stereocenters. The number of carboxylic acids is 3. The van der Waals surface area contributed by atoms with Gasteiger partial charge in [-0.25, -0.2) is 14.4 Å². The Kier molecular flexibility index (Phi) is 29.8. The number of carbonyl (C=O) groups is 3. The van der Waals surface area contributed by atoms with Crippen molar-refractivity contribution in [3.05, 3.63) is 36.5 Å². The third-order valence-corrected chi connectivity index (χ3v) is 5.44. The van der Waals surface area contributed by atoms with Crippen LogP contribution in [0, 0.1) is 39.9 Å². The fraction of sp³-hybridized carbons (Fsp3) is 0.656. The third-order valence-electron chi connectivity index (χ3n) is 5.44. The molecule has 6 N–H and O–H groups in total. The summed E-state index contributed by atoms with van der Waals surface area (Å²) in [4.78, 5) is 28.8. The van der Waals surface area contributed by atoms with Crippen molar-refractivity contribution in [3.63, 3.8) is 0 Å². The SMILES string of the molecule is C=C(C)C(=O)O.C=C(C)C(=O)O.C=C(C)C(=O)O.CC(C)CC(C)(C#N)N=NC(C)(C#N)CC(C)C.CCC(CO)(CO)CO. The number of azo groups is 1. The minimum absolute atomic E-state index is 0.156. The first-order chi connectivity index (χ1) is 20.3. The monoisotopic (exact) mass is 640 g/mol. The summed E-state index contributed by atoms with van der Waals surface area (Å²) in [6.45, 7) is 26.9. The van der Waals surface area contributed by atoms with Gasteiger partial charge in [-0.15, -0.1) is 0 Å². The fourth-order valence-corrected chi connectivity index (χ4v) is 2.51. The van der Waals surface area contributed by atoms with Crippen LogP contribution >= 0.6 is 0 Å². The van der Waals surface area contributed by atoms with E-state index in [-0.39, 0.29) is 36.5 Å². The topological polar surface area (TPSA) is 245 Å². The number of carboxylic acid groups (broad SMARTS) is 3. The van der Waals surface area contributed by atoms with Crippen molar-refractivity contribution in [1.29, 1.82) is 10.5 Å².